The summed E-state index contributed by atoms with van der Waals surface area (Å²) in [4.78, 5) is 7.72. The molecule has 0 saturated heterocycles. The van der Waals surface area contributed by atoms with Gasteiger partial charge in [0.2, 0.25) is 0 Å². The summed E-state index contributed by atoms with van der Waals surface area (Å²) < 4.78 is 0. The molecular weight excluding hydrogens is 458 g/mol. The minimum Gasteiger partial charge on any atom is -0.381 e. The van der Waals surface area contributed by atoms with Gasteiger partial charge in [-0.2, -0.15) is 0 Å². The van der Waals surface area contributed by atoms with Crippen LogP contribution in [0, 0.1) is 12.8 Å². The molecule has 0 spiro atoms. The van der Waals surface area contributed by atoms with E-state index in [9.17, 15) is 0 Å². The second-order valence-corrected chi connectivity index (χ2v) is 11.7. The molecule has 1 aromatic carbocycles. The Morgan fingerprint density at radius 2 is 1.75 bits per heavy atom. The van der Waals surface area contributed by atoms with Crippen LogP contribution in [0.2, 0.25) is 0 Å². The number of unbranched alkanes of at least 4 members (excludes halogenated alkanes) is 1. The molecule has 4 heteroatoms. The Kier molecular flexibility index (Phi) is 12.8. The highest BCUT2D eigenvalue weighted by atomic mass is 32.1. The molecule has 2 rings (SSSR count). The molecule has 0 saturated carbocycles. The maximum absolute atomic E-state index is 5.13. The van der Waals surface area contributed by atoms with Crippen molar-refractivity contribution in [1.29, 1.82) is 0 Å². The molecule has 0 amide bonds. The average Bonchev–Trinajstić information content (AvgIpc) is 3.34. The lowest BCUT2D eigenvalue weighted by Crippen LogP contribution is -2.39. The molecule has 1 N–H and O–H groups in total. The van der Waals surface area contributed by atoms with Crippen LogP contribution >= 0.6 is 11.3 Å². The van der Waals surface area contributed by atoms with Crippen LogP contribution in [-0.2, 0) is 6.42 Å². The zero-order chi connectivity index (χ0) is 26.7. The van der Waals surface area contributed by atoms with Gasteiger partial charge in [0.1, 0.15) is 0 Å². The summed E-state index contributed by atoms with van der Waals surface area (Å²) in [5, 5.41) is 7.06. The van der Waals surface area contributed by atoms with Gasteiger partial charge in [-0.15, -0.1) is 11.3 Å². The summed E-state index contributed by atoms with van der Waals surface area (Å²) in [6, 6.07) is 9.59. The molecule has 0 aliphatic carbocycles. The topological polar surface area (TPSA) is 28.2 Å². The van der Waals surface area contributed by atoms with Gasteiger partial charge in [0, 0.05) is 35.6 Å². The van der Waals surface area contributed by atoms with Crippen LogP contribution in [-0.4, -0.2) is 28.5 Å². The third-order valence-electron chi connectivity index (χ3n) is 7.14. The van der Waals surface area contributed by atoms with Crippen LogP contribution in [0.25, 0.3) is 5.70 Å². The Morgan fingerprint density at radius 3 is 2.33 bits per heavy atom. The number of benzene rings is 1. The third-order valence-corrected chi connectivity index (χ3v) is 8.15. The lowest BCUT2D eigenvalue weighted by Gasteiger charge is -2.39. The van der Waals surface area contributed by atoms with Crippen LogP contribution in [0.15, 0.2) is 48.5 Å². The highest BCUT2D eigenvalue weighted by molar-refractivity contribution is 7.09. The summed E-state index contributed by atoms with van der Waals surface area (Å²) in [7, 11) is 0. The van der Waals surface area contributed by atoms with Crippen LogP contribution in [0.1, 0.15) is 108 Å². The minimum atomic E-state index is 0.300. The maximum Gasteiger partial charge on any atom is 0.0967 e. The second kappa shape index (κ2) is 15.2. The van der Waals surface area contributed by atoms with Crippen LogP contribution in [0.3, 0.4) is 0 Å². The number of aryl methyl sites for hydroxylation is 1. The highest BCUT2D eigenvalue weighted by Crippen LogP contribution is 2.35. The lowest BCUT2D eigenvalue weighted by atomic mass is 9.88. The number of aromatic nitrogens is 1. The quantitative estimate of drug-likeness (QED) is 0.231. The maximum atomic E-state index is 5.13. The zero-order valence-electron chi connectivity index (χ0n) is 24.1. The summed E-state index contributed by atoms with van der Waals surface area (Å²) >= 11 is 1.81. The molecule has 0 fully saturated rings. The number of hydrogen-bond acceptors (Lipinski definition) is 4. The van der Waals surface area contributed by atoms with Gasteiger partial charge in [-0.3, -0.25) is 0 Å². The number of rotatable bonds is 17. The molecule has 3 nitrogen and oxygen atoms in total. The number of thiazole rings is 1. The zero-order valence-corrected chi connectivity index (χ0v) is 24.9. The van der Waals surface area contributed by atoms with Crippen molar-refractivity contribution in [3.8, 4) is 0 Å². The van der Waals surface area contributed by atoms with Gasteiger partial charge in [0.25, 0.3) is 0 Å². The number of nitrogens with one attached hydrogen (secondary N) is 1. The van der Waals surface area contributed by atoms with E-state index in [1.165, 1.54) is 41.1 Å². The third kappa shape index (κ3) is 9.10. The van der Waals surface area contributed by atoms with Crippen molar-refractivity contribution in [3.63, 3.8) is 0 Å². The van der Waals surface area contributed by atoms with Crippen molar-refractivity contribution in [2.75, 3.05) is 6.54 Å². The largest absolute Gasteiger partial charge is 0.381 e. The fraction of sp³-hybridized carbons (Fsp3) is 0.594. The van der Waals surface area contributed by atoms with Crippen molar-refractivity contribution in [2.24, 2.45) is 5.92 Å². The predicted octanol–water partition coefficient (Wildman–Crippen LogP) is 8.97. The summed E-state index contributed by atoms with van der Waals surface area (Å²) in [5.41, 5.74) is 5.84. The Labute approximate surface area is 226 Å². The van der Waals surface area contributed by atoms with E-state index in [0.717, 1.165) is 43.6 Å². The first kappa shape index (κ1) is 30.2. The molecule has 1 heterocycles. The van der Waals surface area contributed by atoms with E-state index in [2.05, 4.69) is 101 Å². The van der Waals surface area contributed by atoms with Crippen molar-refractivity contribution in [2.45, 2.75) is 111 Å². The fourth-order valence-corrected chi connectivity index (χ4v) is 5.94. The van der Waals surface area contributed by atoms with Gasteiger partial charge >= 0.3 is 0 Å². The first-order valence-corrected chi connectivity index (χ1v) is 15.0. The number of hydrogen-bond donors (Lipinski definition) is 1. The van der Waals surface area contributed by atoms with E-state index in [-0.39, 0.29) is 0 Å². The van der Waals surface area contributed by atoms with Crippen molar-refractivity contribution < 1.29 is 0 Å². The van der Waals surface area contributed by atoms with Crippen molar-refractivity contribution in [3.05, 3.63) is 70.3 Å². The van der Waals surface area contributed by atoms with Crippen LogP contribution < -0.4 is 5.32 Å². The number of allylic oxidation sites excluding steroid dienone is 1. The summed E-state index contributed by atoms with van der Waals surface area (Å²) in [6.45, 7) is 25.7. The van der Waals surface area contributed by atoms with Gasteiger partial charge in [-0.25, -0.2) is 4.98 Å². The summed E-state index contributed by atoms with van der Waals surface area (Å²) in [6.07, 6.45) is 7.90. The molecule has 0 aliphatic rings. The van der Waals surface area contributed by atoms with Gasteiger partial charge in [0.05, 0.1) is 16.4 Å². The number of nitrogens with zero attached hydrogens (tertiary/aromatic N) is 2. The van der Waals surface area contributed by atoms with Gasteiger partial charge < -0.3 is 10.2 Å². The average molecular weight is 510 g/mol. The molecule has 0 radical (unpaired) electrons. The van der Waals surface area contributed by atoms with E-state index in [0.29, 0.717) is 23.9 Å². The Bertz CT molecular complexity index is 927. The second-order valence-electron chi connectivity index (χ2n) is 10.8. The molecule has 3 unspecified atom stereocenters. The first-order chi connectivity index (χ1) is 17.2. The van der Waals surface area contributed by atoms with Crippen molar-refractivity contribution in [1.82, 2.24) is 15.2 Å². The molecule has 0 aliphatic heterocycles. The molecule has 1 aromatic heterocycles. The van der Waals surface area contributed by atoms with Crippen molar-refractivity contribution >= 4 is 17.0 Å². The van der Waals surface area contributed by atoms with Gasteiger partial charge in [-0.05, 0) is 57.4 Å². The molecule has 3 atom stereocenters. The smallest absolute Gasteiger partial charge is 0.0967 e. The van der Waals surface area contributed by atoms with E-state index in [4.69, 9.17) is 4.98 Å². The van der Waals surface area contributed by atoms with Gasteiger partial charge in [-0.1, -0.05) is 90.4 Å². The molecule has 36 heavy (non-hydrogen) atoms. The van der Waals surface area contributed by atoms with E-state index < -0.39 is 0 Å². The van der Waals surface area contributed by atoms with E-state index in [1.54, 1.807) is 0 Å². The summed E-state index contributed by atoms with van der Waals surface area (Å²) in [5.74, 6) is 1.04. The highest BCUT2D eigenvalue weighted by Gasteiger charge is 2.28. The van der Waals surface area contributed by atoms with Crippen LogP contribution in [0.4, 0.5) is 0 Å². The predicted molar refractivity (Wildman–Crippen MR) is 161 cm³/mol. The van der Waals surface area contributed by atoms with E-state index in [1.807, 2.05) is 11.3 Å². The Balaban J connectivity index is 2.15. The fourth-order valence-electron chi connectivity index (χ4n) is 4.96. The Hall–Kier alpha value is -2.07. The standard InChI is InChI=1S/C32H51N3S/c1-10-13-14-29(21-31(23(4)5)35(19-11-2)26(8)12-3)32-34-30(22-36-32)27(9)33-25(7)20-28-17-15-24(6)16-18-28/h15-18,22-23,25,29,31,33H,8-14,19-21H2,1-7H3. The molecule has 200 valence electrons. The SMILES string of the molecule is C=C(NC(C)Cc1ccc(C)cc1)c1csc(C(CCCC)CC(C(C)C)N(CCC)C(=C)CC)n1. The lowest BCUT2D eigenvalue weighted by molar-refractivity contribution is 0.174. The van der Waals surface area contributed by atoms with Gasteiger partial charge in [0.15, 0.2) is 0 Å². The molecular formula is C32H51N3S. The monoisotopic (exact) mass is 509 g/mol. The first-order valence-electron chi connectivity index (χ1n) is 14.1. The minimum absolute atomic E-state index is 0.300. The molecule has 0 bridgehead atoms. The van der Waals surface area contributed by atoms with Crippen LogP contribution in [0.5, 0.6) is 0 Å². The van der Waals surface area contributed by atoms with E-state index >= 15 is 0 Å². The normalized spacial score (nSPS) is 13.9. The Morgan fingerprint density at radius 1 is 1.06 bits per heavy atom. The molecule has 2 aromatic rings.